The quantitative estimate of drug-likeness (QED) is 0.303. The zero-order valence-electron chi connectivity index (χ0n) is 16.7. The van der Waals surface area contributed by atoms with Gasteiger partial charge in [-0.25, -0.2) is 17.5 Å². The molecule has 0 fully saturated rings. The number of hydrogen-bond acceptors (Lipinski definition) is 6. The summed E-state index contributed by atoms with van der Waals surface area (Å²) in [5, 5.41) is 23.0. The molecule has 3 rings (SSSR count). The fourth-order valence-corrected chi connectivity index (χ4v) is 4.60. The highest BCUT2D eigenvalue weighted by Gasteiger charge is 2.37. The van der Waals surface area contributed by atoms with Crippen LogP contribution in [0.5, 0.6) is 5.75 Å². The van der Waals surface area contributed by atoms with Gasteiger partial charge >= 0.3 is 6.18 Å². The van der Waals surface area contributed by atoms with E-state index in [1.54, 1.807) is 0 Å². The Bertz CT molecular complexity index is 1180. The zero-order chi connectivity index (χ0) is 23.8. The van der Waals surface area contributed by atoms with Gasteiger partial charge in [0.15, 0.2) is 12.0 Å². The molecule has 4 N–H and O–H groups in total. The number of sulfonamides is 1. The van der Waals surface area contributed by atoms with Crippen LogP contribution in [0.1, 0.15) is 24.4 Å². The van der Waals surface area contributed by atoms with Crippen LogP contribution < -0.4 is 14.8 Å². The SMILES string of the molecule is CC#C[C@@H](O)[C@H]1COc2c(cn(C)c2C(O)Nc2ccc(F)c(C(F)(F)F)c2)S(=O)(=O)N1. The second-order valence-corrected chi connectivity index (χ2v) is 8.62. The summed E-state index contributed by atoms with van der Waals surface area (Å²) in [6.07, 6.45) is -6.89. The number of aliphatic hydroxyl groups excluding tert-OH is 2. The lowest BCUT2D eigenvalue weighted by molar-refractivity contribution is -0.139. The standard InChI is InChI=1S/C19H19F4N3O5S/c1-3-4-14(27)13-9-31-17-15(32(29,30)25-13)8-26(2)16(17)18(28)24-10-5-6-12(20)11(7-10)19(21,22)23/h5-8,13-14,18,24-25,27-28H,9H2,1-2H3/t13-,14-,18?/m1/s1. The molecule has 1 aromatic heterocycles. The van der Waals surface area contributed by atoms with Crippen molar-refractivity contribution in [1.29, 1.82) is 0 Å². The van der Waals surface area contributed by atoms with Crippen LogP contribution in [0.4, 0.5) is 23.2 Å². The van der Waals surface area contributed by atoms with Gasteiger partial charge in [0.2, 0.25) is 10.0 Å². The minimum Gasteiger partial charge on any atom is -0.488 e. The molecular formula is C19H19F4N3O5S. The average Bonchev–Trinajstić information content (AvgIpc) is 2.96. The number of hydrogen-bond donors (Lipinski definition) is 4. The molecule has 1 unspecified atom stereocenters. The molecule has 0 spiro atoms. The van der Waals surface area contributed by atoms with E-state index in [0.29, 0.717) is 12.1 Å². The van der Waals surface area contributed by atoms with Crippen molar-refractivity contribution in [3.8, 4) is 17.6 Å². The first-order chi connectivity index (χ1) is 14.8. The molecule has 1 aliphatic rings. The van der Waals surface area contributed by atoms with Crippen molar-refractivity contribution in [2.24, 2.45) is 7.05 Å². The Balaban J connectivity index is 1.95. The van der Waals surface area contributed by atoms with E-state index in [1.165, 1.54) is 18.5 Å². The smallest absolute Gasteiger partial charge is 0.419 e. The summed E-state index contributed by atoms with van der Waals surface area (Å²) in [4.78, 5) is -0.343. The van der Waals surface area contributed by atoms with Crippen molar-refractivity contribution >= 4 is 15.7 Å². The Hall–Kier alpha value is -2.79. The Morgan fingerprint density at radius 3 is 2.66 bits per heavy atom. The Morgan fingerprint density at radius 1 is 1.34 bits per heavy atom. The predicted octanol–water partition coefficient (Wildman–Crippen LogP) is 1.71. The number of alkyl halides is 3. The molecule has 0 saturated carbocycles. The van der Waals surface area contributed by atoms with E-state index in [9.17, 15) is 36.2 Å². The van der Waals surface area contributed by atoms with Crippen LogP contribution in [0.25, 0.3) is 0 Å². The molecule has 0 amide bonds. The van der Waals surface area contributed by atoms with Gasteiger partial charge in [0.25, 0.3) is 0 Å². The third-order valence-electron chi connectivity index (χ3n) is 4.66. The Labute approximate surface area is 180 Å². The lowest BCUT2D eigenvalue weighted by atomic mass is 10.1. The third kappa shape index (κ3) is 4.68. The number of aryl methyl sites for hydroxylation is 1. The summed E-state index contributed by atoms with van der Waals surface area (Å²) >= 11 is 0. The van der Waals surface area contributed by atoms with Crippen molar-refractivity contribution in [2.45, 2.75) is 36.4 Å². The molecule has 8 nitrogen and oxygen atoms in total. The Morgan fingerprint density at radius 2 is 2.03 bits per heavy atom. The van der Waals surface area contributed by atoms with E-state index < -0.39 is 46.0 Å². The van der Waals surface area contributed by atoms with Gasteiger partial charge in [-0.3, -0.25) is 0 Å². The molecule has 3 atom stereocenters. The number of fused-ring (bicyclic) bond motifs is 1. The van der Waals surface area contributed by atoms with Crippen molar-refractivity contribution in [3.63, 3.8) is 0 Å². The van der Waals surface area contributed by atoms with Gasteiger partial charge in [0, 0.05) is 18.9 Å². The molecule has 2 heterocycles. The highest BCUT2D eigenvalue weighted by atomic mass is 32.2. The zero-order valence-corrected chi connectivity index (χ0v) is 17.6. The van der Waals surface area contributed by atoms with E-state index in [-0.39, 0.29) is 28.6 Å². The molecule has 0 radical (unpaired) electrons. The average molecular weight is 477 g/mol. The molecular weight excluding hydrogens is 458 g/mol. The third-order valence-corrected chi connectivity index (χ3v) is 6.14. The number of nitrogens with one attached hydrogen (secondary N) is 2. The van der Waals surface area contributed by atoms with Crippen molar-refractivity contribution in [2.75, 3.05) is 11.9 Å². The maximum atomic E-state index is 13.5. The molecule has 174 valence electrons. The van der Waals surface area contributed by atoms with Crippen LogP contribution in [-0.4, -0.2) is 42.0 Å². The van der Waals surface area contributed by atoms with Crippen LogP contribution in [0, 0.1) is 17.7 Å². The van der Waals surface area contributed by atoms with E-state index >= 15 is 0 Å². The second kappa shape index (κ2) is 8.62. The number of ether oxygens (including phenoxy) is 1. The summed E-state index contributed by atoms with van der Waals surface area (Å²) in [5.41, 5.74) is -1.90. The first kappa shape index (κ1) is 23.9. The molecule has 0 bridgehead atoms. The monoisotopic (exact) mass is 477 g/mol. The first-order valence-corrected chi connectivity index (χ1v) is 10.6. The van der Waals surface area contributed by atoms with Gasteiger partial charge in [0.05, 0.1) is 11.6 Å². The van der Waals surface area contributed by atoms with Crippen LogP contribution in [0.15, 0.2) is 29.3 Å². The van der Waals surface area contributed by atoms with E-state index in [0.717, 1.165) is 12.3 Å². The van der Waals surface area contributed by atoms with Crippen LogP contribution >= 0.6 is 0 Å². The van der Waals surface area contributed by atoms with Crippen LogP contribution in [0.3, 0.4) is 0 Å². The summed E-state index contributed by atoms with van der Waals surface area (Å²) < 4.78 is 86.9. The summed E-state index contributed by atoms with van der Waals surface area (Å²) in [5.74, 6) is 3.14. The first-order valence-electron chi connectivity index (χ1n) is 9.11. The van der Waals surface area contributed by atoms with E-state index in [2.05, 4.69) is 21.9 Å². The van der Waals surface area contributed by atoms with Crippen molar-refractivity contribution in [3.05, 3.63) is 41.5 Å². The fraction of sp³-hybridized carbons (Fsp3) is 0.368. The summed E-state index contributed by atoms with van der Waals surface area (Å²) in [6, 6.07) is 0.962. The van der Waals surface area contributed by atoms with Crippen molar-refractivity contribution in [1.82, 2.24) is 9.29 Å². The highest BCUT2D eigenvalue weighted by molar-refractivity contribution is 7.89. The number of aliphatic hydroxyl groups is 2. The van der Waals surface area contributed by atoms with E-state index in [4.69, 9.17) is 4.74 Å². The summed E-state index contributed by atoms with van der Waals surface area (Å²) in [6.45, 7) is 1.13. The molecule has 1 aromatic carbocycles. The number of halogens is 4. The van der Waals surface area contributed by atoms with Crippen LogP contribution in [0.2, 0.25) is 0 Å². The van der Waals surface area contributed by atoms with Gasteiger partial charge in [0.1, 0.15) is 29.1 Å². The van der Waals surface area contributed by atoms with Crippen molar-refractivity contribution < 1.29 is 40.9 Å². The maximum absolute atomic E-state index is 13.5. The van der Waals surface area contributed by atoms with Crippen LogP contribution in [-0.2, 0) is 23.2 Å². The lowest BCUT2D eigenvalue weighted by Gasteiger charge is -2.20. The molecule has 2 aromatic rings. The maximum Gasteiger partial charge on any atom is 0.419 e. The fourth-order valence-electron chi connectivity index (χ4n) is 3.18. The lowest BCUT2D eigenvalue weighted by Crippen LogP contribution is -2.45. The predicted molar refractivity (Wildman–Crippen MR) is 104 cm³/mol. The normalized spacial score (nSPS) is 19.6. The Kier molecular flexibility index (Phi) is 6.43. The molecule has 0 saturated heterocycles. The van der Waals surface area contributed by atoms with E-state index in [1.807, 2.05) is 0 Å². The van der Waals surface area contributed by atoms with Gasteiger partial charge in [-0.05, 0) is 25.1 Å². The number of aromatic nitrogens is 1. The van der Waals surface area contributed by atoms with Gasteiger partial charge in [-0.2, -0.15) is 13.2 Å². The number of nitrogens with zero attached hydrogens (tertiary/aromatic N) is 1. The molecule has 13 heteroatoms. The number of rotatable bonds is 4. The topological polar surface area (TPSA) is 113 Å². The summed E-state index contributed by atoms with van der Waals surface area (Å²) in [7, 11) is -2.79. The van der Waals surface area contributed by atoms with Gasteiger partial charge < -0.3 is 24.8 Å². The highest BCUT2D eigenvalue weighted by Crippen LogP contribution is 2.37. The molecule has 32 heavy (non-hydrogen) atoms. The number of anilines is 1. The molecule has 0 aliphatic carbocycles. The minimum absolute atomic E-state index is 0.111. The van der Waals surface area contributed by atoms with Gasteiger partial charge in [-0.1, -0.05) is 5.92 Å². The largest absolute Gasteiger partial charge is 0.488 e. The number of benzene rings is 1. The minimum atomic E-state index is -4.95. The molecule has 1 aliphatic heterocycles. The second-order valence-electron chi connectivity index (χ2n) is 6.94. The van der Waals surface area contributed by atoms with Gasteiger partial charge in [-0.15, -0.1) is 5.92 Å².